The van der Waals surface area contributed by atoms with Crippen LogP contribution in [0.15, 0.2) is 18.2 Å². The van der Waals surface area contributed by atoms with Gasteiger partial charge in [-0.25, -0.2) is 0 Å². The van der Waals surface area contributed by atoms with Gasteiger partial charge in [-0.1, -0.05) is 0 Å². The minimum absolute atomic E-state index is 0.0518. The normalized spacial score (nSPS) is 28.1. The van der Waals surface area contributed by atoms with Crippen LogP contribution in [0.1, 0.15) is 24.8 Å². The largest absolute Gasteiger partial charge is 0.497 e. The van der Waals surface area contributed by atoms with E-state index in [0.717, 1.165) is 17.7 Å². The van der Waals surface area contributed by atoms with Crippen LogP contribution in [0, 0.1) is 0 Å². The molecule has 0 aliphatic heterocycles. The van der Waals surface area contributed by atoms with Gasteiger partial charge < -0.3 is 20.3 Å². The molecule has 2 atom stereocenters. The zero-order valence-corrected chi connectivity index (χ0v) is 10.3. The number of hydrogen-bond acceptors (Lipinski definition) is 4. The topological polar surface area (TPSA) is 64.7 Å². The molecule has 17 heavy (non-hydrogen) atoms. The molecule has 1 fully saturated rings. The van der Waals surface area contributed by atoms with Crippen molar-refractivity contribution in [1.29, 1.82) is 0 Å². The highest BCUT2D eigenvalue weighted by atomic mass is 16.5. The third-order valence-electron chi connectivity index (χ3n) is 3.44. The van der Waals surface area contributed by atoms with Crippen molar-refractivity contribution in [3.05, 3.63) is 23.8 Å². The number of aliphatic hydroxyl groups is 1. The van der Waals surface area contributed by atoms with Crippen molar-refractivity contribution in [3.63, 3.8) is 0 Å². The highest BCUT2D eigenvalue weighted by molar-refractivity contribution is 5.44. The predicted octanol–water partition coefficient (Wildman–Crippen LogP) is 1.40. The lowest BCUT2D eigenvalue weighted by molar-refractivity contribution is 0.0404. The molecule has 3 N–H and O–H groups in total. The third-order valence-corrected chi connectivity index (χ3v) is 3.44. The van der Waals surface area contributed by atoms with Crippen LogP contribution in [-0.2, 0) is 5.60 Å². The molecule has 0 spiro atoms. The quantitative estimate of drug-likeness (QED) is 0.834. The van der Waals surface area contributed by atoms with Crippen LogP contribution in [0.4, 0.5) is 0 Å². The summed E-state index contributed by atoms with van der Waals surface area (Å²) in [7, 11) is 3.21. The van der Waals surface area contributed by atoms with Crippen LogP contribution < -0.4 is 15.2 Å². The van der Waals surface area contributed by atoms with Gasteiger partial charge in [0.2, 0.25) is 0 Å². The zero-order chi connectivity index (χ0) is 12.5. The Bertz CT molecular complexity index is 408. The maximum Gasteiger partial charge on any atom is 0.125 e. The van der Waals surface area contributed by atoms with Crippen LogP contribution in [-0.4, -0.2) is 25.4 Å². The smallest absolute Gasteiger partial charge is 0.125 e. The summed E-state index contributed by atoms with van der Waals surface area (Å²) >= 11 is 0. The van der Waals surface area contributed by atoms with E-state index in [1.165, 1.54) is 0 Å². The van der Waals surface area contributed by atoms with Gasteiger partial charge in [-0.05, 0) is 37.5 Å². The van der Waals surface area contributed by atoms with E-state index in [4.69, 9.17) is 15.2 Å². The van der Waals surface area contributed by atoms with Crippen molar-refractivity contribution < 1.29 is 14.6 Å². The van der Waals surface area contributed by atoms with Crippen LogP contribution in [0.2, 0.25) is 0 Å². The standard InChI is InChI=1S/C13H19NO3/c1-16-10-3-4-12(17-2)11(7-10)13(15)6-5-9(14)8-13/h3-4,7,9,15H,5-6,8,14H2,1-2H3. The molecule has 0 aromatic heterocycles. The van der Waals surface area contributed by atoms with Crippen molar-refractivity contribution in [1.82, 2.24) is 0 Å². The molecule has 1 aromatic rings. The van der Waals surface area contributed by atoms with E-state index in [1.54, 1.807) is 14.2 Å². The van der Waals surface area contributed by atoms with Crippen molar-refractivity contribution in [2.24, 2.45) is 5.73 Å². The summed E-state index contributed by atoms with van der Waals surface area (Å²) in [4.78, 5) is 0. The second-order valence-electron chi connectivity index (χ2n) is 4.60. The van der Waals surface area contributed by atoms with E-state index in [9.17, 15) is 5.11 Å². The Morgan fingerprint density at radius 1 is 1.35 bits per heavy atom. The fourth-order valence-electron chi connectivity index (χ4n) is 2.48. The fraction of sp³-hybridized carbons (Fsp3) is 0.538. The van der Waals surface area contributed by atoms with E-state index in [0.29, 0.717) is 18.6 Å². The summed E-state index contributed by atoms with van der Waals surface area (Å²) in [5.74, 6) is 1.40. The summed E-state index contributed by atoms with van der Waals surface area (Å²) in [5.41, 5.74) is 5.76. The fourth-order valence-corrected chi connectivity index (χ4v) is 2.48. The Hall–Kier alpha value is -1.26. The predicted molar refractivity (Wildman–Crippen MR) is 65.3 cm³/mol. The summed E-state index contributed by atoms with van der Waals surface area (Å²) in [6.45, 7) is 0. The first-order chi connectivity index (χ1) is 8.09. The van der Waals surface area contributed by atoms with Gasteiger partial charge >= 0.3 is 0 Å². The van der Waals surface area contributed by atoms with Gasteiger partial charge in [0.05, 0.1) is 19.8 Å². The van der Waals surface area contributed by atoms with Crippen LogP contribution >= 0.6 is 0 Å². The Morgan fingerprint density at radius 2 is 2.12 bits per heavy atom. The van der Waals surface area contributed by atoms with Crippen molar-refractivity contribution in [2.45, 2.75) is 30.9 Å². The molecule has 0 radical (unpaired) electrons. The van der Waals surface area contributed by atoms with Gasteiger partial charge in [0.25, 0.3) is 0 Å². The van der Waals surface area contributed by atoms with Gasteiger partial charge in [-0.15, -0.1) is 0 Å². The number of rotatable bonds is 3. The molecule has 2 rings (SSSR count). The van der Waals surface area contributed by atoms with E-state index < -0.39 is 5.60 Å². The van der Waals surface area contributed by atoms with E-state index in [1.807, 2.05) is 18.2 Å². The number of hydrogen-bond donors (Lipinski definition) is 2. The number of ether oxygens (including phenoxy) is 2. The van der Waals surface area contributed by atoms with Gasteiger partial charge in [0.1, 0.15) is 11.5 Å². The van der Waals surface area contributed by atoms with Crippen molar-refractivity contribution in [2.75, 3.05) is 14.2 Å². The molecule has 4 nitrogen and oxygen atoms in total. The summed E-state index contributed by atoms with van der Waals surface area (Å²) in [5, 5.41) is 10.6. The van der Waals surface area contributed by atoms with Crippen LogP contribution in [0.5, 0.6) is 11.5 Å². The lowest BCUT2D eigenvalue weighted by Crippen LogP contribution is -2.26. The molecule has 4 heteroatoms. The lowest BCUT2D eigenvalue weighted by atomic mass is 9.91. The Labute approximate surface area is 101 Å². The van der Waals surface area contributed by atoms with Gasteiger partial charge in [0.15, 0.2) is 0 Å². The third kappa shape index (κ3) is 2.23. The molecule has 1 aromatic carbocycles. The molecule has 0 heterocycles. The number of nitrogens with two attached hydrogens (primary N) is 1. The molecule has 0 amide bonds. The Kier molecular flexibility index (Phi) is 3.26. The lowest BCUT2D eigenvalue weighted by Gasteiger charge is -2.25. The molecule has 1 aliphatic rings. The summed E-state index contributed by atoms with van der Waals surface area (Å²) in [6, 6.07) is 5.52. The zero-order valence-electron chi connectivity index (χ0n) is 10.3. The van der Waals surface area contributed by atoms with Gasteiger partial charge in [-0.2, -0.15) is 0 Å². The van der Waals surface area contributed by atoms with E-state index in [-0.39, 0.29) is 6.04 Å². The first kappa shape index (κ1) is 12.2. The first-order valence-corrected chi connectivity index (χ1v) is 5.79. The molecule has 94 valence electrons. The average molecular weight is 237 g/mol. The molecule has 0 saturated heterocycles. The van der Waals surface area contributed by atoms with Crippen LogP contribution in [0.3, 0.4) is 0 Å². The van der Waals surface area contributed by atoms with Crippen molar-refractivity contribution >= 4 is 0 Å². The van der Waals surface area contributed by atoms with Gasteiger partial charge in [-0.3, -0.25) is 0 Å². The Balaban J connectivity index is 2.41. The average Bonchev–Trinajstić information content (AvgIpc) is 2.69. The van der Waals surface area contributed by atoms with Gasteiger partial charge in [0, 0.05) is 11.6 Å². The number of methoxy groups -OCH3 is 2. The maximum atomic E-state index is 10.6. The maximum absolute atomic E-state index is 10.6. The molecular weight excluding hydrogens is 218 g/mol. The molecule has 1 saturated carbocycles. The van der Waals surface area contributed by atoms with Crippen molar-refractivity contribution in [3.8, 4) is 11.5 Å². The highest BCUT2D eigenvalue weighted by Crippen LogP contribution is 2.43. The Morgan fingerprint density at radius 3 is 2.65 bits per heavy atom. The van der Waals surface area contributed by atoms with E-state index in [2.05, 4.69) is 0 Å². The monoisotopic (exact) mass is 237 g/mol. The number of benzene rings is 1. The minimum Gasteiger partial charge on any atom is -0.497 e. The first-order valence-electron chi connectivity index (χ1n) is 5.79. The highest BCUT2D eigenvalue weighted by Gasteiger charge is 2.39. The molecule has 1 aliphatic carbocycles. The minimum atomic E-state index is -0.890. The summed E-state index contributed by atoms with van der Waals surface area (Å²) in [6.07, 6.45) is 2.06. The SMILES string of the molecule is COc1ccc(OC)c(C2(O)CCC(N)C2)c1. The molecular formula is C13H19NO3. The molecule has 0 bridgehead atoms. The second kappa shape index (κ2) is 4.55. The second-order valence-corrected chi connectivity index (χ2v) is 4.60. The van der Waals surface area contributed by atoms with Crippen LogP contribution in [0.25, 0.3) is 0 Å². The van der Waals surface area contributed by atoms with E-state index >= 15 is 0 Å². The summed E-state index contributed by atoms with van der Waals surface area (Å²) < 4.78 is 10.5. The molecule has 2 unspecified atom stereocenters.